The van der Waals surface area contributed by atoms with Gasteiger partial charge in [-0.25, -0.2) is 4.98 Å². The number of aliphatic imine (C=N–C) groups is 1. The number of aromatic nitrogens is 1. The van der Waals surface area contributed by atoms with Crippen molar-refractivity contribution in [2.75, 3.05) is 26.7 Å². The largest absolute Gasteiger partial charge is 0.357 e. The maximum Gasteiger partial charge on any atom is 0.193 e. The van der Waals surface area contributed by atoms with E-state index in [-0.39, 0.29) is 24.0 Å². The van der Waals surface area contributed by atoms with Crippen LogP contribution in [0.2, 0.25) is 5.15 Å². The van der Waals surface area contributed by atoms with Crippen LogP contribution in [-0.2, 0) is 6.42 Å². The smallest absolute Gasteiger partial charge is 0.193 e. The van der Waals surface area contributed by atoms with Crippen molar-refractivity contribution in [1.29, 1.82) is 0 Å². The van der Waals surface area contributed by atoms with E-state index in [0.717, 1.165) is 50.4 Å². The van der Waals surface area contributed by atoms with E-state index in [9.17, 15) is 0 Å². The molecular formula is C16H26ClIN4. The Morgan fingerprint density at radius 3 is 2.86 bits per heavy atom. The Hall–Kier alpha value is -0.820. The number of rotatable bonds is 8. The number of allylic oxidation sites excluding steroid dienone is 1. The molecule has 0 aliphatic rings. The summed E-state index contributed by atoms with van der Waals surface area (Å²) >= 11 is 5.78. The van der Waals surface area contributed by atoms with Gasteiger partial charge in [0, 0.05) is 32.9 Å². The van der Waals surface area contributed by atoms with Crippen LogP contribution >= 0.6 is 35.6 Å². The first-order valence-corrected chi connectivity index (χ1v) is 7.76. The molecule has 4 nitrogen and oxygen atoms in total. The van der Waals surface area contributed by atoms with E-state index < -0.39 is 0 Å². The molecule has 0 fully saturated rings. The highest BCUT2D eigenvalue weighted by Crippen LogP contribution is 2.06. The number of unbranched alkanes of at least 4 members (excludes halogenated alkanes) is 1. The molecule has 1 N–H and O–H groups in total. The number of guanidine groups is 1. The van der Waals surface area contributed by atoms with Crippen LogP contribution in [0.15, 0.2) is 36.0 Å². The zero-order valence-corrected chi connectivity index (χ0v) is 16.5. The predicted octanol–water partition coefficient (Wildman–Crippen LogP) is 3.76. The first-order chi connectivity index (χ1) is 10.2. The van der Waals surface area contributed by atoms with Crippen LogP contribution in [0.5, 0.6) is 0 Å². The second-order valence-electron chi connectivity index (χ2n) is 4.83. The topological polar surface area (TPSA) is 40.5 Å². The lowest BCUT2D eigenvalue weighted by Gasteiger charge is -2.21. The van der Waals surface area contributed by atoms with Gasteiger partial charge in [-0.2, -0.15) is 0 Å². The highest BCUT2D eigenvalue weighted by molar-refractivity contribution is 14.0. The summed E-state index contributed by atoms with van der Waals surface area (Å²) in [6, 6.07) is 3.80. The Kier molecular flexibility index (Phi) is 12.2. The van der Waals surface area contributed by atoms with Crippen molar-refractivity contribution in [3.63, 3.8) is 0 Å². The lowest BCUT2D eigenvalue weighted by atomic mass is 10.2. The molecule has 1 aromatic heterocycles. The second-order valence-corrected chi connectivity index (χ2v) is 5.21. The van der Waals surface area contributed by atoms with Gasteiger partial charge in [-0.3, -0.25) is 4.99 Å². The van der Waals surface area contributed by atoms with E-state index in [4.69, 9.17) is 11.6 Å². The highest BCUT2D eigenvalue weighted by Gasteiger charge is 2.04. The van der Waals surface area contributed by atoms with E-state index in [1.807, 2.05) is 18.2 Å². The van der Waals surface area contributed by atoms with Crippen LogP contribution in [0.25, 0.3) is 0 Å². The quantitative estimate of drug-likeness (QED) is 0.168. The summed E-state index contributed by atoms with van der Waals surface area (Å²) in [6.07, 6.45) is 6.73. The Labute approximate surface area is 156 Å². The normalized spacial score (nSPS) is 10.8. The second kappa shape index (κ2) is 12.7. The fourth-order valence-electron chi connectivity index (χ4n) is 1.89. The molecule has 124 valence electrons. The molecule has 0 saturated carbocycles. The summed E-state index contributed by atoms with van der Waals surface area (Å²) < 4.78 is 0. The van der Waals surface area contributed by atoms with Crippen molar-refractivity contribution in [3.05, 3.63) is 41.7 Å². The molecule has 0 aliphatic heterocycles. The van der Waals surface area contributed by atoms with E-state index in [2.05, 4.69) is 40.7 Å². The van der Waals surface area contributed by atoms with Gasteiger partial charge in [-0.05, 0) is 37.8 Å². The average Bonchev–Trinajstić information content (AvgIpc) is 2.48. The third-order valence-corrected chi connectivity index (χ3v) is 3.27. The molecule has 1 aromatic rings. The molecular weight excluding hydrogens is 411 g/mol. The zero-order valence-electron chi connectivity index (χ0n) is 13.4. The molecule has 22 heavy (non-hydrogen) atoms. The maximum atomic E-state index is 5.78. The van der Waals surface area contributed by atoms with Gasteiger partial charge in [0.2, 0.25) is 0 Å². The Morgan fingerprint density at radius 1 is 1.50 bits per heavy atom. The van der Waals surface area contributed by atoms with Crippen LogP contribution in [0.1, 0.15) is 25.3 Å². The summed E-state index contributed by atoms with van der Waals surface area (Å²) in [7, 11) is 2.06. The Balaban J connectivity index is 0.00000441. The summed E-state index contributed by atoms with van der Waals surface area (Å²) in [5.74, 6) is 0.948. The van der Waals surface area contributed by atoms with Gasteiger partial charge in [0.05, 0.1) is 0 Å². The van der Waals surface area contributed by atoms with Crippen LogP contribution in [0.3, 0.4) is 0 Å². The van der Waals surface area contributed by atoms with Gasteiger partial charge in [0.25, 0.3) is 0 Å². The molecule has 0 spiro atoms. The van der Waals surface area contributed by atoms with Crippen LogP contribution in [-0.4, -0.2) is 42.5 Å². The summed E-state index contributed by atoms with van der Waals surface area (Å²) in [5, 5.41) is 3.84. The van der Waals surface area contributed by atoms with E-state index in [1.54, 1.807) is 6.20 Å². The molecule has 0 atom stereocenters. The van der Waals surface area contributed by atoms with E-state index in [0.29, 0.717) is 5.15 Å². The fraction of sp³-hybridized carbons (Fsp3) is 0.500. The lowest BCUT2D eigenvalue weighted by Crippen LogP contribution is -2.39. The van der Waals surface area contributed by atoms with Crippen LogP contribution in [0.4, 0.5) is 0 Å². The number of hydrogen-bond donors (Lipinski definition) is 1. The van der Waals surface area contributed by atoms with Gasteiger partial charge in [0.1, 0.15) is 5.15 Å². The minimum absolute atomic E-state index is 0. The standard InChI is InChI=1S/C16H25ClN4.HI/c1-4-6-7-12-21(3)16(18-5-2)19-11-10-14-8-9-15(17)20-13-14;/h4,8-9,13H,1,5-7,10-12H2,2-3H3,(H,18,19);1H. The van der Waals surface area contributed by atoms with Gasteiger partial charge in [-0.1, -0.05) is 23.7 Å². The van der Waals surface area contributed by atoms with Crippen molar-refractivity contribution >= 4 is 41.5 Å². The average molecular weight is 437 g/mol. The SMILES string of the molecule is C=CCCCN(C)C(=NCCc1ccc(Cl)nc1)NCC.I. The first-order valence-electron chi connectivity index (χ1n) is 7.38. The number of hydrogen-bond acceptors (Lipinski definition) is 2. The van der Waals surface area contributed by atoms with Crippen molar-refractivity contribution in [2.45, 2.75) is 26.2 Å². The zero-order chi connectivity index (χ0) is 15.5. The maximum absolute atomic E-state index is 5.78. The van der Waals surface area contributed by atoms with Gasteiger partial charge in [0.15, 0.2) is 5.96 Å². The molecule has 0 unspecified atom stereocenters. The summed E-state index contributed by atoms with van der Waals surface area (Å²) in [4.78, 5) is 10.9. The van der Waals surface area contributed by atoms with Crippen molar-refractivity contribution in [3.8, 4) is 0 Å². The highest BCUT2D eigenvalue weighted by atomic mass is 127. The lowest BCUT2D eigenvalue weighted by molar-refractivity contribution is 0.470. The minimum Gasteiger partial charge on any atom is -0.357 e. The molecule has 0 radical (unpaired) electrons. The molecule has 0 saturated heterocycles. The monoisotopic (exact) mass is 436 g/mol. The molecule has 1 heterocycles. The van der Waals surface area contributed by atoms with Crippen LogP contribution < -0.4 is 5.32 Å². The molecule has 6 heteroatoms. The van der Waals surface area contributed by atoms with Crippen molar-refractivity contribution in [2.24, 2.45) is 4.99 Å². The van der Waals surface area contributed by atoms with E-state index in [1.165, 1.54) is 0 Å². The van der Waals surface area contributed by atoms with Gasteiger partial charge < -0.3 is 10.2 Å². The molecule has 0 aliphatic carbocycles. The van der Waals surface area contributed by atoms with Gasteiger partial charge in [-0.15, -0.1) is 30.6 Å². The summed E-state index contributed by atoms with van der Waals surface area (Å²) in [6.45, 7) is 8.40. The van der Waals surface area contributed by atoms with Crippen molar-refractivity contribution < 1.29 is 0 Å². The Morgan fingerprint density at radius 2 is 2.27 bits per heavy atom. The minimum atomic E-state index is 0. The molecule has 1 rings (SSSR count). The molecule has 0 amide bonds. The predicted molar refractivity (Wildman–Crippen MR) is 106 cm³/mol. The number of halogens is 2. The Bertz CT molecular complexity index is 448. The van der Waals surface area contributed by atoms with Crippen LogP contribution in [0, 0.1) is 0 Å². The molecule has 0 bridgehead atoms. The number of pyridine rings is 1. The van der Waals surface area contributed by atoms with E-state index >= 15 is 0 Å². The third-order valence-electron chi connectivity index (χ3n) is 3.05. The first kappa shape index (κ1) is 21.2. The number of nitrogens with one attached hydrogen (secondary N) is 1. The number of nitrogens with zero attached hydrogens (tertiary/aromatic N) is 3. The third kappa shape index (κ3) is 8.58. The van der Waals surface area contributed by atoms with Crippen molar-refractivity contribution in [1.82, 2.24) is 15.2 Å². The van der Waals surface area contributed by atoms with Gasteiger partial charge >= 0.3 is 0 Å². The molecule has 0 aromatic carbocycles. The summed E-state index contributed by atoms with van der Waals surface area (Å²) in [5.41, 5.74) is 1.15. The fourth-order valence-corrected chi connectivity index (χ4v) is 2.01.